The molecule has 0 aliphatic carbocycles. The van der Waals surface area contributed by atoms with Crippen molar-refractivity contribution in [2.75, 3.05) is 12.3 Å². The Balaban J connectivity index is 1.88. The third kappa shape index (κ3) is 3.87. The molecular formula is C13H13N3O2S2. The molecule has 2 aromatic rings. The summed E-state index contributed by atoms with van der Waals surface area (Å²) in [7, 11) is -3.31. The summed E-state index contributed by atoms with van der Waals surface area (Å²) in [5.41, 5.74) is 2.19. The SMILES string of the molecule is N#Cc1ccc(S(=O)(=O)CCNCc2cncs2)cc1. The minimum Gasteiger partial charge on any atom is -0.311 e. The molecule has 0 aliphatic rings. The van der Waals surface area contributed by atoms with E-state index >= 15 is 0 Å². The summed E-state index contributed by atoms with van der Waals surface area (Å²) in [6, 6.07) is 7.92. The minimum atomic E-state index is -3.31. The lowest BCUT2D eigenvalue weighted by molar-refractivity contribution is 0.591. The fraction of sp³-hybridized carbons (Fsp3) is 0.231. The van der Waals surface area contributed by atoms with Crippen molar-refractivity contribution in [3.63, 3.8) is 0 Å². The van der Waals surface area contributed by atoms with Crippen LogP contribution < -0.4 is 5.32 Å². The van der Waals surface area contributed by atoms with E-state index in [-0.39, 0.29) is 10.6 Å². The summed E-state index contributed by atoms with van der Waals surface area (Å²) >= 11 is 1.53. The van der Waals surface area contributed by atoms with Crippen LogP contribution in [-0.4, -0.2) is 25.7 Å². The van der Waals surface area contributed by atoms with Crippen molar-refractivity contribution in [1.29, 1.82) is 5.26 Å². The van der Waals surface area contributed by atoms with E-state index in [1.807, 2.05) is 6.07 Å². The van der Waals surface area contributed by atoms with E-state index in [0.29, 0.717) is 18.7 Å². The van der Waals surface area contributed by atoms with E-state index in [1.165, 1.54) is 35.6 Å². The number of thiazole rings is 1. The van der Waals surface area contributed by atoms with Crippen molar-refractivity contribution < 1.29 is 8.42 Å². The first kappa shape index (κ1) is 14.7. The number of rotatable bonds is 6. The number of nitrogens with one attached hydrogen (secondary N) is 1. The fourth-order valence-corrected chi connectivity index (χ4v) is 3.37. The maximum Gasteiger partial charge on any atom is 0.179 e. The van der Waals surface area contributed by atoms with Crippen LogP contribution in [0.4, 0.5) is 0 Å². The standard InChI is InChI=1S/C13H13N3O2S2/c14-7-11-1-3-13(4-2-11)20(17,18)6-5-15-8-12-9-16-10-19-12/h1-4,9-10,15H,5-6,8H2. The molecule has 1 aromatic heterocycles. The third-order valence-electron chi connectivity index (χ3n) is 2.67. The van der Waals surface area contributed by atoms with Gasteiger partial charge in [0.1, 0.15) is 0 Å². The average Bonchev–Trinajstić information content (AvgIpc) is 2.97. The zero-order valence-electron chi connectivity index (χ0n) is 10.6. The fourth-order valence-electron chi connectivity index (χ4n) is 1.60. The monoisotopic (exact) mass is 307 g/mol. The second-order valence-corrected chi connectivity index (χ2v) is 7.18. The van der Waals surface area contributed by atoms with Crippen LogP contribution >= 0.6 is 11.3 Å². The van der Waals surface area contributed by atoms with Gasteiger partial charge in [-0.3, -0.25) is 4.98 Å². The van der Waals surface area contributed by atoms with Crippen molar-refractivity contribution in [3.8, 4) is 6.07 Å². The Morgan fingerprint density at radius 2 is 2.05 bits per heavy atom. The van der Waals surface area contributed by atoms with Gasteiger partial charge in [-0.05, 0) is 24.3 Å². The summed E-state index contributed by atoms with van der Waals surface area (Å²) in [6.45, 7) is 0.994. The first-order valence-corrected chi connectivity index (χ1v) is 8.46. The van der Waals surface area contributed by atoms with Crippen LogP contribution in [0.2, 0.25) is 0 Å². The number of hydrogen-bond donors (Lipinski definition) is 1. The quantitative estimate of drug-likeness (QED) is 0.819. The van der Waals surface area contributed by atoms with Gasteiger partial charge in [0.2, 0.25) is 0 Å². The Morgan fingerprint density at radius 1 is 1.30 bits per heavy atom. The first-order chi connectivity index (χ1) is 9.62. The Kier molecular flexibility index (Phi) is 4.84. The lowest BCUT2D eigenvalue weighted by atomic mass is 10.2. The number of sulfone groups is 1. The van der Waals surface area contributed by atoms with Crippen molar-refractivity contribution in [2.45, 2.75) is 11.4 Å². The first-order valence-electron chi connectivity index (χ1n) is 5.93. The second kappa shape index (κ2) is 6.61. The number of nitrogens with zero attached hydrogens (tertiary/aromatic N) is 2. The molecule has 1 heterocycles. The maximum absolute atomic E-state index is 12.1. The molecule has 7 heteroatoms. The molecule has 1 N–H and O–H groups in total. The zero-order chi connectivity index (χ0) is 14.4. The minimum absolute atomic E-state index is 0.0255. The normalized spacial score (nSPS) is 11.2. The summed E-state index contributed by atoms with van der Waals surface area (Å²) in [5, 5.41) is 11.8. The Labute approximate surface area is 121 Å². The van der Waals surface area contributed by atoms with Gasteiger partial charge in [-0.1, -0.05) is 0 Å². The molecule has 0 spiro atoms. The molecule has 0 atom stereocenters. The number of aromatic nitrogens is 1. The van der Waals surface area contributed by atoms with Crippen molar-refractivity contribution in [3.05, 3.63) is 46.4 Å². The predicted molar refractivity (Wildman–Crippen MR) is 77.0 cm³/mol. The Hall–Kier alpha value is -1.75. The highest BCUT2D eigenvalue weighted by Gasteiger charge is 2.13. The van der Waals surface area contributed by atoms with Crippen LogP contribution in [0, 0.1) is 11.3 Å². The van der Waals surface area contributed by atoms with Gasteiger partial charge >= 0.3 is 0 Å². The van der Waals surface area contributed by atoms with Gasteiger partial charge in [0.05, 0.1) is 27.8 Å². The molecule has 0 bridgehead atoms. The van der Waals surface area contributed by atoms with Gasteiger partial charge in [0, 0.05) is 24.2 Å². The van der Waals surface area contributed by atoms with E-state index in [9.17, 15) is 8.42 Å². The smallest absolute Gasteiger partial charge is 0.179 e. The van der Waals surface area contributed by atoms with Crippen LogP contribution in [0.5, 0.6) is 0 Å². The molecule has 0 aliphatic heterocycles. The predicted octanol–water partition coefficient (Wildman–Crippen LogP) is 1.58. The molecule has 0 saturated heterocycles. The van der Waals surface area contributed by atoms with Crippen molar-refractivity contribution in [2.24, 2.45) is 0 Å². The van der Waals surface area contributed by atoms with Crippen LogP contribution in [0.1, 0.15) is 10.4 Å². The van der Waals surface area contributed by atoms with E-state index in [0.717, 1.165) is 4.88 Å². The van der Waals surface area contributed by atoms with Crippen LogP contribution in [0.25, 0.3) is 0 Å². The molecule has 0 amide bonds. The Morgan fingerprint density at radius 3 is 2.65 bits per heavy atom. The Bertz CT molecular complexity index is 686. The maximum atomic E-state index is 12.1. The van der Waals surface area contributed by atoms with Gasteiger partial charge < -0.3 is 5.32 Å². The molecule has 20 heavy (non-hydrogen) atoms. The van der Waals surface area contributed by atoms with E-state index in [1.54, 1.807) is 11.7 Å². The summed E-state index contributed by atoms with van der Waals surface area (Å²) in [4.78, 5) is 5.26. The largest absolute Gasteiger partial charge is 0.311 e. The van der Waals surface area contributed by atoms with E-state index < -0.39 is 9.84 Å². The van der Waals surface area contributed by atoms with Gasteiger partial charge in [-0.15, -0.1) is 11.3 Å². The highest BCUT2D eigenvalue weighted by atomic mass is 32.2. The average molecular weight is 307 g/mol. The van der Waals surface area contributed by atoms with Gasteiger partial charge in [-0.2, -0.15) is 5.26 Å². The van der Waals surface area contributed by atoms with Crippen LogP contribution in [0.15, 0.2) is 40.9 Å². The zero-order valence-corrected chi connectivity index (χ0v) is 12.2. The van der Waals surface area contributed by atoms with E-state index in [2.05, 4.69) is 10.3 Å². The summed E-state index contributed by atoms with van der Waals surface area (Å²) in [5.74, 6) is 0.0255. The molecule has 1 aromatic carbocycles. The number of benzene rings is 1. The molecule has 5 nitrogen and oxygen atoms in total. The molecule has 0 radical (unpaired) electrons. The molecular weight excluding hydrogens is 294 g/mol. The van der Waals surface area contributed by atoms with Gasteiger partial charge in [-0.25, -0.2) is 8.42 Å². The third-order valence-corrected chi connectivity index (χ3v) is 5.18. The summed E-state index contributed by atoms with van der Waals surface area (Å²) in [6.07, 6.45) is 1.76. The topological polar surface area (TPSA) is 82.8 Å². The number of nitriles is 1. The highest BCUT2D eigenvalue weighted by molar-refractivity contribution is 7.91. The molecule has 0 saturated carbocycles. The molecule has 104 valence electrons. The lowest BCUT2D eigenvalue weighted by Crippen LogP contribution is -2.22. The number of hydrogen-bond acceptors (Lipinski definition) is 6. The van der Waals surface area contributed by atoms with Crippen LogP contribution in [0.3, 0.4) is 0 Å². The van der Waals surface area contributed by atoms with Gasteiger partial charge in [0.15, 0.2) is 9.84 Å². The molecule has 0 fully saturated rings. The van der Waals surface area contributed by atoms with Crippen molar-refractivity contribution in [1.82, 2.24) is 10.3 Å². The lowest BCUT2D eigenvalue weighted by Gasteiger charge is -2.05. The van der Waals surface area contributed by atoms with Crippen LogP contribution in [-0.2, 0) is 16.4 Å². The highest BCUT2D eigenvalue weighted by Crippen LogP contribution is 2.12. The molecule has 0 unspecified atom stereocenters. The second-order valence-electron chi connectivity index (χ2n) is 4.10. The summed E-state index contributed by atoms with van der Waals surface area (Å²) < 4.78 is 24.1. The van der Waals surface area contributed by atoms with E-state index in [4.69, 9.17) is 5.26 Å². The molecule has 2 rings (SSSR count). The van der Waals surface area contributed by atoms with Gasteiger partial charge in [0.25, 0.3) is 0 Å². The van der Waals surface area contributed by atoms with Crippen molar-refractivity contribution >= 4 is 21.2 Å².